The third kappa shape index (κ3) is 4.74. The van der Waals surface area contributed by atoms with Crippen LogP contribution in [-0.2, 0) is 28.9 Å². The van der Waals surface area contributed by atoms with E-state index in [-0.39, 0.29) is 23.3 Å². The first-order valence-electron chi connectivity index (χ1n) is 11.7. The molecular weight excluding hydrogens is 454 g/mol. The summed E-state index contributed by atoms with van der Waals surface area (Å²) in [4.78, 5) is 33.4. The number of carbonyl (C=O) groups is 1. The van der Waals surface area contributed by atoms with Crippen molar-refractivity contribution in [2.45, 2.75) is 70.2 Å². The molecule has 1 unspecified atom stereocenters. The number of amides is 1. The zero-order valence-electron chi connectivity index (χ0n) is 19.1. The molecule has 174 valence electrons. The number of thioether (sulfide) groups is 1. The average molecular weight is 484 g/mol. The van der Waals surface area contributed by atoms with E-state index in [9.17, 15) is 9.59 Å². The number of aromatic nitrogens is 2. The monoisotopic (exact) mass is 483 g/mol. The Balaban J connectivity index is 1.43. The van der Waals surface area contributed by atoms with Gasteiger partial charge in [-0.15, -0.1) is 11.3 Å². The van der Waals surface area contributed by atoms with Crippen LogP contribution in [-0.4, -0.2) is 33.9 Å². The summed E-state index contributed by atoms with van der Waals surface area (Å²) >= 11 is 2.98. The lowest BCUT2D eigenvalue weighted by molar-refractivity contribution is -0.113. The summed E-state index contributed by atoms with van der Waals surface area (Å²) in [6, 6.07) is 5.97. The number of fused-ring (bicyclic) bond motifs is 3. The minimum Gasteiger partial charge on any atom is -0.376 e. The predicted octanol–water partition coefficient (Wildman–Crippen LogP) is 4.86. The van der Waals surface area contributed by atoms with Gasteiger partial charge in [0.25, 0.3) is 5.56 Å². The molecule has 0 bridgehead atoms. The van der Waals surface area contributed by atoms with Gasteiger partial charge in [0, 0.05) is 17.2 Å². The molecule has 6 nitrogen and oxygen atoms in total. The topological polar surface area (TPSA) is 73.2 Å². The summed E-state index contributed by atoms with van der Waals surface area (Å²) in [5, 5.41) is 4.39. The number of thiophene rings is 1. The third-order valence-corrected chi connectivity index (χ3v) is 8.60. The molecule has 1 N–H and O–H groups in total. The van der Waals surface area contributed by atoms with Gasteiger partial charge in [-0.1, -0.05) is 29.5 Å². The summed E-state index contributed by atoms with van der Waals surface area (Å²) < 4.78 is 7.59. The molecule has 1 atom stereocenters. The van der Waals surface area contributed by atoms with E-state index >= 15 is 0 Å². The number of hydrogen-bond donors (Lipinski definition) is 1. The van der Waals surface area contributed by atoms with Crippen molar-refractivity contribution in [2.24, 2.45) is 0 Å². The molecule has 1 saturated heterocycles. The van der Waals surface area contributed by atoms with Crippen molar-refractivity contribution in [1.29, 1.82) is 0 Å². The highest BCUT2D eigenvalue weighted by atomic mass is 32.2. The van der Waals surface area contributed by atoms with Gasteiger partial charge in [-0.2, -0.15) is 0 Å². The summed E-state index contributed by atoms with van der Waals surface area (Å²) in [5.41, 5.74) is 4.23. The predicted molar refractivity (Wildman–Crippen MR) is 135 cm³/mol. The quantitative estimate of drug-likeness (QED) is 0.400. The average Bonchev–Trinajstić information content (AvgIpc) is 3.44. The van der Waals surface area contributed by atoms with Gasteiger partial charge in [0.2, 0.25) is 5.91 Å². The molecule has 3 heterocycles. The number of benzene rings is 1. The molecule has 8 heteroatoms. The maximum atomic E-state index is 13.6. The maximum Gasteiger partial charge on any atom is 0.263 e. The van der Waals surface area contributed by atoms with E-state index in [1.165, 1.54) is 28.6 Å². The third-order valence-electron chi connectivity index (χ3n) is 6.44. The van der Waals surface area contributed by atoms with Crippen molar-refractivity contribution in [1.82, 2.24) is 9.55 Å². The van der Waals surface area contributed by atoms with Crippen LogP contribution in [0.25, 0.3) is 10.2 Å². The van der Waals surface area contributed by atoms with Crippen LogP contribution in [0.2, 0.25) is 0 Å². The highest BCUT2D eigenvalue weighted by Gasteiger charge is 2.25. The lowest BCUT2D eigenvalue weighted by atomic mass is 9.97. The lowest BCUT2D eigenvalue weighted by Gasteiger charge is -2.16. The molecule has 1 aromatic carbocycles. The molecule has 1 aliphatic heterocycles. The normalized spacial score (nSPS) is 17.9. The van der Waals surface area contributed by atoms with Crippen molar-refractivity contribution < 1.29 is 9.53 Å². The fourth-order valence-corrected chi connectivity index (χ4v) is 6.86. The van der Waals surface area contributed by atoms with Crippen LogP contribution in [0.3, 0.4) is 0 Å². The number of nitrogens with zero attached hydrogens (tertiary/aromatic N) is 2. The fourth-order valence-electron chi connectivity index (χ4n) is 4.75. The first kappa shape index (κ1) is 22.6. The molecule has 0 saturated carbocycles. The minimum absolute atomic E-state index is 0.0205. The molecule has 0 spiro atoms. The number of aryl methyl sites for hydroxylation is 4. The molecule has 33 heavy (non-hydrogen) atoms. The number of rotatable bonds is 6. The van der Waals surface area contributed by atoms with Crippen LogP contribution >= 0.6 is 23.1 Å². The highest BCUT2D eigenvalue weighted by molar-refractivity contribution is 7.99. The van der Waals surface area contributed by atoms with Gasteiger partial charge < -0.3 is 10.1 Å². The number of anilines is 1. The molecule has 2 aromatic heterocycles. The van der Waals surface area contributed by atoms with E-state index in [2.05, 4.69) is 11.4 Å². The standard InChI is InChI=1S/C25H29N3O3S2/c1-15-9-10-19(16(2)12-15)26-21(29)14-32-25-27-23-22(18-7-3-4-8-20(18)33-23)24(30)28(25)13-17-6-5-11-31-17/h9-10,12,17H,3-8,11,13-14H2,1-2H3,(H,26,29). The fraction of sp³-hybridized carbons (Fsp3) is 0.480. The van der Waals surface area contributed by atoms with Crippen molar-refractivity contribution in [3.63, 3.8) is 0 Å². The van der Waals surface area contributed by atoms with E-state index < -0.39 is 0 Å². The van der Waals surface area contributed by atoms with Crippen molar-refractivity contribution in [2.75, 3.05) is 17.7 Å². The molecule has 0 radical (unpaired) electrons. The summed E-state index contributed by atoms with van der Waals surface area (Å²) in [7, 11) is 0. The van der Waals surface area contributed by atoms with Crippen molar-refractivity contribution >= 4 is 44.9 Å². The zero-order chi connectivity index (χ0) is 22.9. The molecule has 1 fully saturated rings. The molecule has 1 amide bonds. The molecule has 5 rings (SSSR count). The van der Waals surface area contributed by atoms with Gasteiger partial charge in [0.1, 0.15) is 4.83 Å². The van der Waals surface area contributed by atoms with Gasteiger partial charge in [-0.05, 0) is 69.6 Å². The largest absolute Gasteiger partial charge is 0.376 e. The van der Waals surface area contributed by atoms with Crippen LogP contribution in [0, 0.1) is 13.8 Å². The number of ether oxygens (including phenoxy) is 1. The van der Waals surface area contributed by atoms with Crippen LogP contribution in [0.15, 0.2) is 28.2 Å². The number of hydrogen-bond acceptors (Lipinski definition) is 6. The Kier molecular flexibility index (Phi) is 6.58. The van der Waals surface area contributed by atoms with Crippen molar-refractivity contribution in [3.8, 4) is 0 Å². The number of nitrogens with one attached hydrogen (secondary N) is 1. The minimum atomic E-state index is -0.101. The van der Waals surface area contributed by atoms with Crippen LogP contribution in [0.4, 0.5) is 5.69 Å². The summed E-state index contributed by atoms with van der Waals surface area (Å²) in [6.07, 6.45) is 6.27. The first-order chi connectivity index (χ1) is 16.0. The Labute approximate surface area is 201 Å². The zero-order valence-corrected chi connectivity index (χ0v) is 20.7. The maximum absolute atomic E-state index is 13.6. The second-order valence-corrected chi connectivity index (χ2v) is 11.0. The Hall–Kier alpha value is -2.16. The van der Waals surface area contributed by atoms with E-state index in [1.807, 2.05) is 26.0 Å². The van der Waals surface area contributed by atoms with E-state index in [0.717, 1.165) is 65.7 Å². The second-order valence-electron chi connectivity index (χ2n) is 8.99. The summed E-state index contributed by atoms with van der Waals surface area (Å²) in [5.74, 6) is 0.0949. The lowest BCUT2D eigenvalue weighted by Crippen LogP contribution is -2.29. The smallest absolute Gasteiger partial charge is 0.263 e. The van der Waals surface area contributed by atoms with E-state index in [4.69, 9.17) is 9.72 Å². The Morgan fingerprint density at radius 2 is 2.12 bits per heavy atom. The van der Waals surface area contributed by atoms with Crippen LogP contribution < -0.4 is 10.9 Å². The van der Waals surface area contributed by atoms with Gasteiger partial charge in [-0.3, -0.25) is 14.2 Å². The Morgan fingerprint density at radius 3 is 2.91 bits per heavy atom. The number of carbonyl (C=O) groups excluding carboxylic acids is 1. The highest BCUT2D eigenvalue weighted by Crippen LogP contribution is 2.35. The molecule has 3 aromatic rings. The molecule has 2 aliphatic rings. The van der Waals surface area contributed by atoms with E-state index in [0.29, 0.717) is 11.7 Å². The first-order valence-corrected chi connectivity index (χ1v) is 13.5. The van der Waals surface area contributed by atoms with Gasteiger partial charge in [0.15, 0.2) is 5.16 Å². The van der Waals surface area contributed by atoms with Crippen molar-refractivity contribution in [3.05, 3.63) is 50.1 Å². The van der Waals surface area contributed by atoms with Gasteiger partial charge >= 0.3 is 0 Å². The SMILES string of the molecule is Cc1ccc(NC(=O)CSc2nc3sc4c(c3c(=O)n2CC2CCCO2)CCCC4)c(C)c1. The van der Waals surface area contributed by atoms with Gasteiger partial charge in [0.05, 0.1) is 23.8 Å². The molecule has 1 aliphatic carbocycles. The Bertz CT molecular complexity index is 1260. The second kappa shape index (κ2) is 9.60. The molecular formula is C25H29N3O3S2. The van der Waals surface area contributed by atoms with Crippen LogP contribution in [0.5, 0.6) is 0 Å². The van der Waals surface area contributed by atoms with E-state index in [1.54, 1.807) is 15.9 Å². The van der Waals surface area contributed by atoms with Crippen LogP contribution in [0.1, 0.15) is 47.3 Å². The Morgan fingerprint density at radius 1 is 1.27 bits per heavy atom. The summed E-state index contributed by atoms with van der Waals surface area (Å²) in [6.45, 7) is 5.26. The van der Waals surface area contributed by atoms with Gasteiger partial charge in [-0.25, -0.2) is 4.98 Å².